The first-order valence-electron chi connectivity index (χ1n) is 7.11. The minimum atomic E-state index is 0.470. The van der Waals surface area contributed by atoms with Crippen LogP contribution in [0, 0.1) is 18.8 Å². The van der Waals surface area contributed by atoms with Gasteiger partial charge in [0, 0.05) is 11.1 Å². The van der Waals surface area contributed by atoms with Gasteiger partial charge in [0.25, 0.3) is 0 Å². The summed E-state index contributed by atoms with van der Waals surface area (Å²) in [4.78, 5) is 0. The van der Waals surface area contributed by atoms with E-state index in [9.17, 15) is 0 Å². The molecule has 0 aliphatic heterocycles. The highest BCUT2D eigenvalue weighted by Crippen LogP contribution is 2.39. The third kappa shape index (κ3) is 3.07. The van der Waals surface area contributed by atoms with Crippen molar-refractivity contribution in [1.82, 2.24) is 5.32 Å². The number of halogens is 1. The second-order valence-electron chi connectivity index (χ2n) is 5.72. The summed E-state index contributed by atoms with van der Waals surface area (Å²) in [6.07, 6.45) is 4.04. The smallest absolute Gasteiger partial charge is 0.0438 e. The Kier molecular flexibility index (Phi) is 4.69. The SMILES string of the molecule is CCNC(c1ccc(C)c(Cl)c1)C1CCC(C)C1. The number of hydrogen-bond donors (Lipinski definition) is 1. The van der Waals surface area contributed by atoms with Crippen LogP contribution >= 0.6 is 11.6 Å². The van der Waals surface area contributed by atoms with Crippen molar-refractivity contribution in [3.63, 3.8) is 0 Å². The molecule has 1 aliphatic carbocycles. The zero-order valence-corrected chi connectivity index (χ0v) is 12.4. The minimum Gasteiger partial charge on any atom is -0.310 e. The standard InChI is InChI=1S/C16H24ClN/c1-4-18-16(13-7-5-11(2)9-13)14-8-6-12(3)15(17)10-14/h6,8,10-11,13,16,18H,4-5,7,9H2,1-3H3. The fraction of sp³-hybridized carbons (Fsp3) is 0.625. The molecule has 1 N–H and O–H groups in total. The van der Waals surface area contributed by atoms with E-state index < -0.39 is 0 Å². The van der Waals surface area contributed by atoms with Crippen molar-refractivity contribution in [2.24, 2.45) is 11.8 Å². The molecule has 0 saturated heterocycles. The molecule has 2 heteroatoms. The monoisotopic (exact) mass is 265 g/mol. The van der Waals surface area contributed by atoms with E-state index in [-0.39, 0.29) is 0 Å². The second kappa shape index (κ2) is 6.08. The van der Waals surface area contributed by atoms with Crippen LogP contribution in [0.15, 0.2) is 18.2 Å². The zero-order chi connectivity index (χ0) is 13.1. The third-order valence-electron chi connectivity index (χ3n) is 4.19. The lowest BCUT2D eigenvalue weighted by Crippen LogP contribution is -2.27. The van der Waals surface area contributed by atoms with E-state index in [1.54, 1.807) is 0 Å². The fourth-order valence-electron chi connectivity index (χ4n) is 3.13. The van der Waals surface area contributed by atoms with E-state index in [1.165, 1.54) is 24.8 Å². The number of rotatable bonds is 4. The van der Waals surface area contributed by atoms with E-state index in [0.29, 0.717) is 6.04 Å². The molecule has 1 aromatic rings. The molecule has 0 bridgehead atoms. The molecule has 1 fully saturated rings. The molecule has 3 atom stereocenters. The maximum Gasteiger partial charge on any atom is 0.0438 e. The summed E-state index contributed by atoms with van der Waals surface area (Å²) >= 11 is 6.27. The van der Waals surface area contributed by atoms with Gasteiger partial charge in [-0.05, 0) is 55.3 Å². The molecule has 0 amide bonds. The lowest BCUT2D eigenvalue weighted by molar-refractivity contribution is 0.365. The Morgan fingerprint density at radius 1 is 1.39 bits per heavy atom. The first-order valence-corrected chi connectivity index (χ1v) is 7.49. The van der Waals surface area contributed by atoms with Gasteiger partial charge >= 0.3 is 0 Å². The minimum absolute atomic E-state index is 0.470. The van der Waals surface area contributed by atoms with Gasteiger partial charge in [-0.1, -0.05) is 44.0 Å². The molecule has 0 heterocycles. The molecule has 1 nitrogen and oxygen atoms in total. The van der Waals surface area contributed by atoms with Gasteiger partial charge in [-0.3, -0.25) is 0 Å². The third-order valence-corrected chi connectivity index (χ3v) is 4.59. The lowest BCUT2D eigenvalue weighted by atomic mass is 9.90. The lowest BCUT2D eigenvalue weighted by Gasteiger charge is -2.25. The van der Waals surface area contributed by atoms with E-state index in [4.69, 9.17) is 11.6 Å². The number of aryl methyl sites for hydroxylation is 1. The van der Waals surface area contributed by atoms with Gasteiger partial charge < -0.3 is 5.32 Å². The maximum absolute atomic E-state index is 6.27. The molecule has 0 spiro atoms. The van der Waals surface area contributed by atoms with Crippen molar-refractivity contribution in [3.8, 4) is 0 Å². The summed E-state index contributed by atoms with van der Waals surface area (Å²) in [6, 6.07) is 6.99. The van der Waals surface area contributed by atoms with Crippen molar-refractivity contribution in [2.45, 2.75) is 46.1 Å². The van der Waals surface area contributed by atoms with Crippen molar-refractivity contribution in [3.05, 3.63) is 34.3 Å². The number of nitrogens with one attached hydrogen (secondary N) is 1. The average Bonchev–Trinajstić information content (AvgIpc) is 2.76. The van der Waals surface area contributed by atoms with Gasteiger partial charge in [0.05, 0.1) is 0 Å². The Hall–Kier alpha value is -0.530. The molecule has 0 aromatic heterocycles. The predicted octanol–water partition coefficient (Wildman–Crippen LogP) is 4.74. The van der Waals surface area contributed by atoms with Gasteiger partial charge in [0.2, 0.25) is 0 Å². The molecule has 1 aromatic carbocycles. The Balaban J connectivity index is 2.20. The first-order chi connectivity index (χ1) is 8.61. The van der Waals surface area contributed by atoms with Gasteiger partial charge in [-0.25, -0.2) is 0 Å². The Morgan fingerprint density at radius 3 is 2.72 bits per heavy atom. The van der Waals surface area contributed by atoms with E-state index >= 15 is 0 Å². The Labute approximate surface area is 116 Å². The highest BCUT2D eigenvalue weighted by Gasteiger charge is 2.29. The van der Waals surface area contributed by atoms with Crippen molar-refractivity contribution < 1.29 is 0 Å². The quantitative estimate of drug-likeness (QED) is 0.830. The van der Waals surface area contributed by atoms with Crippen LogP contribution in [0.3, 0.4) is 0 Å². The van der Waals surface area contributed by atoms with Crippen LogP contribution in [0.2, 0.25) is 5.02 Å². The number of hydrogen-bond acceptors (Lipinski definition) is 1. The van der Waals surface area contributed by atoms with Crippen LogP contribution in [0.5, 0.6) is 0 Å². The largest absolute Gasteiger partial charge is 0.310 e. The molecule has 1 saturated carbocycles. The van der Waals surface area contributed by atoms with Crippen LogP contribution in [0.1, 0.15) is 50.3 Å². The maximum atomic E-state index is 6.27. The second-order valence-corrected chi connectivity index (χ2v) is 6.13. The normalized spacial score (nSPS) is 25.3. The van der Waals surface area contributed by atoms with Crippen molar-refractivity contribution >= 4 is 11.6 Å². The summed E-state index contributed by atoms with van der Waals surface area (Å²) < 4.78 is 0. The molecule has 2 rings (SSSR count). The van der Waals surface area contributed by atoms with Gasteiger partial charge in [0.15, 0.2) is 0 Å². The molecular formula is C16H24ClN. The van der Waals surface area contributed by atoms with Crippen LogP contribution in [-0.2, 0) is 0 Å². The van der Waals surface area contributed by atoms with E-state index in [2.05, 4.69) is 44.3 Å². The van der Waals surface area contributed by atoms with E-state index in [0.717, 1.165) is 29.0 Å². The first kappa shape index (κ1) is 13.9. The van der Waals surface area contributed by atoms with Crippen LogP contribution in [0.4, 0.5) is 0 Å². The highest BCUT2D eigenvalue weighted by molar-refractivity contribution is 6.31. The molecular weight excluding hydrogens is 242 g/mol. The zero-order valence-electron chi connectivity index (χ0n) is 11.7. The predicted molar refractivity (Wildman–Crippen MR) is 79.1 cm³/mol. The van der Waals surface area contributed by atoms with Gasteiger partial charge in [-0.15, -0.1) is 0 Å². The topological polar surface area (TPSA) is 12.0 Å². The molecule has 0 radical (unpaired) electrons. The van der Waals surface area contributed by atoms with Crippen LogP contribution in [-0.4, -0.2) is 6.54 Å². The summed E-state index contributed by atoms with van der Waals surface area (Å²) in [5.74, 6) is 1.63. The summed E-state index contributed by atoms with van der Waals surface area (Å²) in [6.45, 7) is 7.62. The molecule has 100 valence electrons. The fourth-order valence-corrected chi connectivity index (χ4v) is 3.32. The Morgan fingerprint density at radius 2 is 2.17 bits per heavy atom. The van der Waals surface area contributed by atoms with Crippen LogP contribution in [0.25, 0.3) is 0 Å². The van der Waals surface area contributed by atoms with E-state index in [1.807, 2.05) is 0 Å². The van der Waals surface area contributed by atoms with Gasteiger partial charge in [-0.2, -0.15) is 0 Å². The van der Waals surface area contributed by atoms with Crippen LogP contribution < -0.4 is 5.32 Å². The summed E-state index contributed by atoms with van der Waals surface area (Å²) in [5, 5.41) is 4.54. The Bertz CT molecular complexity index is 402. The van der Waals surface area contributed by atoms with Crippen molar-refractivity contribution in [2.75, 3.05) is 6.54 Å². The number of benzene rings is 1. The average molecular weight is 266 g/mol. The molecule has 18 heavy (non-hydrogen) atoms. The summed E-state index contributed by atoms with van der Waals surface area (Å²) in [7, 11) is 0. The van der Waals surface area contributed by atoms with Gasteiger partial charge in [0.1, 0.15) is 0 Å². The highest BCUT2D eigenvalue weighted by atomic mass is 35.5. The molecule has 1 aliphatic rings. The van der Waals surface area contributed by atoms with Crippen molar-refractivity contribution in [1.29, 1.82) is 0 Å². The summed E-state index contributed by atoms with van der Waals surface area (Å²) in [5.41, 5.74) is 2.52. The molecule has 3 unspecified atom stereocenters.